The lowest BCUT2D eigenvalue weighted by molar-refractivity contribution is 0.1000. The number of halogens is 1. The van der Waals surface area contributed by atoms with Gasteiger partial charge in [-0.3, -0.25) is 4.79 Å². The zero-order valence-electron chi connectivity index (χ0n) is 17.7. The highest BCUT2D eigenvalue weighted by atomic mass is 35.5. The first kappa shape index (κ1) is 21.0. The first-order valence-electron chi connectivity index (χ1n) is 10.4. The van der Waals surface area contributed by atoms with Gasteiger partial charge in [0.15, 0.2) is 0 Å². The smallest absolute Gasteiger partial charge is 0.251 e. The maximum atomic E-state index is 12.5. The molecule has 156 valence electrons. The molecule has 4 rings (SSSR count). The second-order valence-corrected chi connectivity index (χ2v) is 8.10. The third-order valence-corrected chi connectivity index (χ3v) is 5.96. The van der Waals surface area contributed by atoms with Crippen LogP contribution in [-0.4, -0.2) is 10.5 Å². The molecule has 3 aromatic carbocycles. The molecule has 31 heavy (non-hydrogen) atoms. The van der Waals surface area contributed by atoms with E-state index in [0.717, 1.165) is 45.6 Å². The molecule has 0 saturated heterocycles. The first-order valence-corrected chi connectivity index (χ1v) is 10.8. The Balaban J connectivity index is 1.82. The van der Waals surface area contributed by atoms with Crippen molar-refractivity contribution in [2.24, 2.45) is 5.73 Å². The quantitative estimate of drug-likeness (QED) is 0.374. The molecule has 0 aliphatic heterocycles. The summed E-state index contributed by atoms with van der Waals surface area (Å²) in [6, 6.07) is 26.4. The van der Waals surface area contributed by atoms with E-state index in [1.54, 1.807) is 0 Å². The zero-order valence-corrected chi connectivity index (χ0v) is 18.5. The maximum absolute atomic E-state index is 12.5. The van der Waals surface area contributed by atoms with E-state index < -0.39 is 5.91 Å². The zero-order chi connectivity index (χ0) is 22.0. The molecule has 0 aliphatic carbocycles. The van der Waals surface area contributed by atoms with Crippen LogP contribution in [0.3, 0.4) is 0 Å². The molecule has 0 saturated carbocycles. The van der Waals surface area contributed by atoms with Crippen LogP contribution in [0, 0.1) is 6.92 Å². The lowest BCUT2D eigenvalue weighted by Gasteiger charge is -2.13. The van der Waals surface area contributed by atoms with Crippen molar-refractivity contribution < 1.29 is 4.79 Å². The van der Waals surface area contributed by atoms with Crippen LogP contribution in [0.4, 0.5) is 0 Å². The summed E-state index contributed by atoms with van der Waals surface area (Å²) in [5.41, 5.74) is 13.7. The van der Waals surface area contributed by atoms with Crippen LogP contribution >= 0.6 is 11.6 Å². The summed E-state index contributed by atoms with van der Waals surface area (Å²) in [4.78, 5) is 12.5. The summed E-state index contributed by atoms with van der Waals surface area (Å²) in [5, 5.41) is 0.701. The molecule has 0 bridgehead atoms. The van der Waals surface area contributed by atoms with Gasteiger partial charge in [-0.2, -0.15) is 0 Å². The summed E-state index contributed by atoms with van der Waals surface area (Å²) >= 11 is 6.19. The van der Waals surface area contributed by atoms with Gasteiger partial charge in [0, 0.05) is 28.5 Å². The molecule has 0 unspecified atom stereocenters. The molecule has 2 N–H and O–H groups in total. The summed E-state index contributed by atoms with van der Waals surface area (Å²) in [6.07, 6.45) is 0.782. The van der Waals surface area contributed by atoms with Gasteiger partial charge in [-0.05, 0) is 47.7 Å². The molecule has 1 aromatic heterocycles. The highest BCUT2D eigenvalue weighted by molar-refractivity contribution is 6.30. The number of carbonyl (C=O) groups excluding carboxylic acids is 1. The third-order valence-electron chi connectivity index (χ3n) is 5.72. The van der Waals surface area contributed by atoms with Gasteiger partial charge < -0.3 is 10.3 Å². The van der Waals surface area contributed by atoms with Crippen molar-refractivity contribution in [3.63, 3.8) is 0 Å². The summed E-state index contributed by atoms with van der Waals surface area (Å²) in [6.45, 7) is 4.71. The largest absolute Gasteiger partial charge is 0.366 e. The fourth-order valence-electron chi connectivity index (χ4n) is 4.27. The molecule has 0 fully saturated rings. The van der Waals surface area contributed by atoms with Gasteiger partial charge in [-0.25, -0.2) is 0 Å². The summed E-state index contributed by atoms with van der Waals surface area (Å²) < 4.78 is 2.19. The number of nitrogens with two attached hydrogens (primary N) is 1. The minimum atomic E-state index is -0.404. The molecular weight excluding hydrogens is 404 g/mol. The van der Waals surface area contributed by atoms with Gasteiger partial charge in [-0.1, -0.05) is 85.3 Å². The van der Waals surface area contributed by atoms with E-state index in [-0.39, 0.29) is 0 Å². The Hall–Kier alpha value is -3.30. The van der Waals surface area contributed by atoms with Crippen molar-refractivity contribution in [3.05, 3.63) is 106 Å². The molecule has 0 spiro atoms. The van der Waals surface area contributed by atoms with Crippen LogP contribution in [0.5, 0.6) is 0 Å². The number of benzene rings is 3. The Morgan fingerprint density at radius 3 is 2.16 bits per heavy atom. The average molecular weight is 429 g/mol. The fourth-order valence-corrected chi connectivity index (χ4v) is 4.48. The first-order chi connectivity index (χ1) is 15.0. The summed E-state index contributed by atoms with van der Waals surface area (Å²) in [5.74, 6) is -0.404. The van der Waals surface area contributed by atoms with E-state index in [1.807, 2.05) is 49.4 Å². The fraction of sp³-hybridized carbons (Fsp3) is 0.148. The van der Waals surface area contributed by atoms with Gasteiger partial charge in [0.2, 0.25) is 0 Å². The van der Waals surface area contributed by atoms with Crippen LogP contribution < -0.4 is 5.73 Å². The molecular formula is C27H25ClN2O. The van der Waals surface area contributed by atoms with Gasteiger partial charge in [0.25, 0.3) is 5.91 Å². The minimum Gasteiger partial charge on any atom is -0.366 e. The third kappa shape index (κ3) is 4.14. The van der Waals surface area contributed by atoms with Crippen molar-refractivity contribution in [2.45, 2.75) is 26.8 Å². The SMILES string of the molecule is CCc1c(-c2ccc(-c3ccccc3)cc2)c(C(N)=O)c(C)n1Cc1cccc(Cl)c1. The second-order valence-electron chi connectivity index (χ2n) is 7.66. The Kier molecular flexibility index (Phi) is 5.97. The van der Waals surface area contributed by atoms with Gasteiger partial charge >= 0.3 is 0 Å². The van der Waals surface area contributed by atoms with E-state index in [4.69, 9.17) is 17.3 Å². The lowest BCUT2D eigenvalue weighted by atomic mass is 9.96. The Morgan fingerprint density at radius 1 is 0.903 bits per heavy atom. The van der Waals surface area contributed by atoms with Crippen molar-refractivity contribution in [2.75, 3.05) is 0 Å². The van der Waals surface area contributed by atoms with Gasteiger partial charge in [0.05, 0.1) is 5.56 Å². The Labute approximate surface area is 188 Å². The van der Waals surface area contributed by atoms with Crippen molar-refractivity contribution >= 4 is 17.5 Å². The van der Waals surface area contributed by atoms with Crippen LogP contribution in [-0.2, 0) is 13.0 Å². The standard InChI is InChI=1S/C27H25ClN2O/c1-3-24-26(22-14-12-21(13-15-22)20-9-5-4-6-10-20)25(27(29)31)18(2)30(24)17-19-8-7-11-23(28)16-19/h4-16H,3,17H2,1-2H3,(H2,29,31). The van der Waals surface area contributed by atoms with Crippen molar-refractivity contribution in [1.82, 2.24) is 4.57 Å². The van der Waals surface area contributed by atoms with Crippen LogP contribution in [0.15, 0.2) is 78.9 Å². The number of aromatic nitrogens is 1. The van der Waals surface area contributed by atoms with Crippen LogP contribution in [0.2, 0.25) is 5.02 Å². The van der Waals surface area contributed by atoms with Crippen molar-refractivity contribution in [1.29, 1.82) is 0 Å². The predicted molar refractivity (Wildman–Crippen MR) is 128 cm³/mol. The Bertz CT molecular complexity index is 1220. The highest BCUT2D eigenvalue weighted by Gasteiger charge is 2.24. The predicted octanol–water partition coefficient (Wildman–Crippen LogP) is 6.49. The van der Waals surface area contributed by atoms with Gasteiger partial charge in [0.1, 0.15) is 0 Å². The molecule has 1 heterocycles. The monoisotopic (exact) mass is 428 g/mol. The maximum Gasteiger partial charge on any atom is 0.251 e. The number of carbonyl (C=O) groups is 1. The highest BCUT2D eigenvalue weighted by Crippen LogP contribution is 2.35. The summed E-state index contributed by atoms with van der Waals surface area (Å²) in [7, 11) is 0. The minimum absolute atomic E-state index is 0.404. The van der Waals surface area contributed by atoms with E-state index >= 15 is 0 Å². The van der Waals surface area contributed by atoms with Crippen LogP contribution in [0.1, 0.15) is 34.2 Å². The number of rotatable bonds is 6. The van der Waals surface area contributed by atoms with Crippen molar-refractivity contribution in [3.8, 4) is 22.3 Å². The normalized spacial score (nSPS) is 10.9. The molecule has 4 aromatic rings. The number of hydrogen-bond acceptors (Lipinski definition) is 1. The molecule has 3 nitrogen and oxygen atoms in total. The number of nitrogens with zero attached hydrogens (tertiary/aromatic N) is 1. The lowest BCUT2D eigenvalue weighted by Crippen LogP contribution is -2.13. The molecule has 0 aliphatic rings. The molecule has 0 radical (unpaired) electrons. The topological polar surface area (TPSA) is 48.0 Å². The Morgan fingerprint density at radius 2 is 1.55 bits per heavy atom. The molecule has 0 atom stereocenters. The van der Waals surface area contributed by atoms with E-state index in [1.165, 1.54) is 0 Å². The average Bonchev–Trinajstić information content (AvgIpc) is 3.06. The van der Waals surface area contributed by atoms with E-state index in [9.17, 15) is 4.79 Å². The number of amides is 1. The van der Waals surface area contributed by atoms with E-state index in [2.05, 4.69) is 47.9 Å². The molecule has 1 amide bonds. The van der Waals surface area contributed by atoms with Gasteiger partial charge in [-0.15, -0.1) is 0 Å². The number of primary amides is 1. The second kappa shape index (κ2) is 8.83. The molecule has 4 heteroatoms. The van der Waals surface area contributed by atoms with E-state index in [0.29, 0.717) is 17.1 Å². The van der Waals surface area contributed by atoms with Crippen LogP contribution in [0.25, 0.3) is 22.3 Å². The number of hydrogen-bond donors (Lipinski definition) is 1.